The molecule has 1 aromatic rings. The minimum absolute atomic E-state index is 0.132. The summed E-state index contributed by atoms with van der Waals surface area (Å²) in [6.07, 6.45) is 4.77. The normalized spacial score (nSPS) is 21.1. The van der Waals surface area contributed by atoms with Crippen LogP contribution in [0.1, 0.15) is 5.56 Å². The van der Waals surface area contributed by atoms with Crippen molar-refractivity contribution >= 4 is 5.82 Å². The van der Waals surface area contributed by atoms with Gasteiger partial charge in [-0.2, -0.15) is 0 Å². The van der Waals surface area contributed by atoms with Crippen LogP contribution in [-0.2, 0) is 6.42 Å². The lowest BCUT2D eigenvalue weighted by atomic mass is 10.0. The summed E-state index contributed by atoms with van der Waals surface area (Å²) >= 11 is 0. The van der Waals surface area contributed by atoms with Gasteiger partial charge in [0, 0.05) is 25.3 Å². The van der Waals surface area contributed by atoms with E-state index in [0.29, 0.717) is 5.82 Å². The van der Waals surface area contributed by atoms with Crippen LogP contribution in [0.15, 0.2) is 30.0 Å². The summed E-state index contributed by atoms with van der Waals surface area (Å²) in [5.41, 5.74) is 14.0. The summed E-state index contributed by atoms with van der Waals surface area (Å²) < 4.78 is 0. The number of pyridine rings is 1. The topological polar surface area (TPSA) is 77.0 Å². The van der Waals surface area contributed by atoms with E-state index < -0.39 is 0 Å². The van der Waals surface area contributed by atoms with E-state index in [4.69, 9.17) is 11.5 Å². The van der Waals surface area contributed by atoms with Crippen LogP contribution in [0.2, 0.25) is 0 Å². The van der Waals surface area contributed by atoms with Gasteiger partial charge >= 0.3 is 0 Å². The highest BCUT2D eigenvalue weighted by Crippen LogP contribution is 2.11. The fourth-order valence-corrected chi connectivity index (χ4v) is 1.81. The Balaban J connectivity index is 2.08. The molecule has 1 atom stereocenters. The van der Waals surface area contributed by atoms with Crippen molar-refractivity contribution in [3.05, 3.63) is 35.5 Å². The molecule has 0 bridgehead atoms. The van der Waals surface area contributed by atoms with Crippen molar-refractivity contribution in [1.82, 2.24) is 10.3 Å². The Morgan fingerprint density at radius 1 is 1.53 bits per heavy atom. The van der Waals surface area contributed by atoms with E-state index in [1.54, 1.807) is 6.20 Å². The van der Waals surface area contributed by atoms with Gasteiger partial charge in [0.1, 0.15) is 5.82 Å². The smallest absolute Gasteiger partial charge is 0.123 e. The van der Waals surface area contributed by atoms with Gasteiger partial charge in [-0.3, -0.25) is 0 Å². The predicted molar refractivity (Wildman–Crippen MR) is 61.3 cm³/mol. The molecule has 4 nitrogen and oxygen atoms in total. The van der Waals surface area contributed by atoms with E-state index in [-0.39, 0.29) is 6.04 Å². The first-order valence-corrected chi connectivity index (χ1v) is 5.10. The largest absolute Gasteiger partial charge is 0.384 e. The standard InChI is InChI=1S/C11H16N4/c12-10-4-9(6-14-7-10)3-8-1-2-15-11(13)5-8/h1-2,4-5,10,14H,3,6-7,12H2,(H2,13,15). The van der Waals surface area contributed by atoms with Gasteiger partial charge < -0.3 is 16.8 Å². The molecule has 2 heterocycles. The molecule has 1 aliphatic heterocycles. The van der Waals surface area contributed by atoms with Crippen LogP contribution < -0.4 is 16.8 Å². The van der Waals surface area contributed by atoms with Gasteiger partial charge in [0.2, 0.25) is 0 Å². The van der Waals surface area contributed by atoms with Crippen molar-refractivity contribution in [3.63, 3.8) is 0 Å². The van der Waals surface area contributed by atoms with Crippen LogP contribution in [-0.4, -0.2) is 24.1 Å². The first-order valence-electron chi connectivity index (χ1n) is 5.10. The molecule has 0 saturated heterocycles. The van der Waals surface area contributed by atoms with E-state index in [9.17, 15) is 0 Å². The molecule has 0 aliphatic carbocycles. The first-order chi connectivity index (χ1) is 7.24. The minimum atomic E-state index is 0.132. The minimum Gasteiger partial charge on any atom is -0.384 e. The molecular formula is C11H16N4. The van der Waals surface area contributed by atoms with Crippen LogP contribution in [0.3, 0.4) is 0 Å². The third kappa shape index (κ3) is 2.78. The van der Waals surface area contributed by atoms with E-state index in [0.717, 1.165) is 19.5 Å². The average molecular weight is 204 g/mol. The van der Waals surface area contributed by atoms with Crippen LogP contribution in [0.4, 0.5) is 5.82 Å². The zero-order valence-corrected chi connectivity index (χ0v) is 8.61. The maximum absolute atomic E-state index is 5.83. The van der Waals surface area contributed by atoms with Crippen molar-refractivity contribution in [1.29, 1.82) is 0 Å². The summed E-state index contributed by atoms with van der Waals surface area (Å²) in [5, 5.41) is 3.28. The summed E-state index contributed by atoms with van der Waals surface area (Å²) in [7, 11) is 0. The van der Waals surface area contributed by atoms with Crippen molar-refractivity contribution in [2.75, 3.05) is 18.8 Å². The fraction of sp³-hybridized carbons (Fsp3) is 0.364. The first kappa shape index (κ1) is 10.1. The third-order valence-corrected chi connectivity index (χ3v) is 2.46. The number of aromatic nitrogens is 1. The number of hydrogen-bond acceptors (Lipinski definition) is 4. The molecule has 1 aromatic heterocycles. The van der Waals surface area contributed by atoms with E-state index >= 15 is 0 Å². The lowest BCUT2D eigenvalue weighted by Gasteiger charge is -2.19. The van der Waals surface area contributed by atoms with Gasteiger partial charge in [0.25, 0.3) is 0 Å². The molecule has 0 spiro atoms. The quantitative estimate of drug-likeness (QED) is 0.595. The Hall–Kier alpha value is -1.39. The van der Waals surface area contributed by atoms with Crippen molar-refractivity contribution < 1.29 is 0 Å². The SMILES string of the molecule is Nc1cc(CC2=CC(N)CNC2)ccn1. The molecule has 0 saturated carbocycles. The average Bonchev–Trinajstić information content (AvgIpc) is 2.17. The van der Waals surface area contributed by atoms with Crippen molar-refractivity contribution in [2.24, 2.45) is 5.73 Å². The number of rotatable bonds is 2. The number of anilines is 1. The molecule has 5 N–H and O–H groups in total. The molecule has 1 aliphatic rings. The summed E-state index contributed by atoms with van der Waals surface area (Å²) in [6, 6.07) is 4.02. The van der Waals surface area contributed by atoms with Gasteiger partial charge in [0.15, 0.2) is 0 Å². The highest BCUT2D eigenvalue weighted by molar-refractivity contribution is 5.34. The van der Waals surface area contributed by atoms with Gasteiger partial charge in [-0.1, -0.05) is 11.6 Å². The monoisotopic (exact) mass is 204 g/mol. The zero-order chi connectivity index (χ0) is 10.7. The molecule has 0 fully saturated rings. The Morgan fingerprint density at radius 2 is 2.40 bits per heavy atom. The van der Waals surface area contributed by atoms with E-state index in [1.165, 1.54) is 11.1 Å². The molecule has 0 amide bonds. The van der Waals surface area contributed by atoms with E-state index in [2.05, 4.69) is 16.4 Å². The highest BCUT2D eigenvalue weighted by atomic mass is 14.9. The predicted octanol–water partition coefficient (Wildman–Crippen LogP) is 0.0632. The fourth-order valence-electron chi connectivity index (χ4n) is 1.81. The van der Waals surface area contributed by atoms with Crippen LogP contribution >= 0.6 is 0 Å². The molecule has 2 rings (SSSR count). The lowest BCUT2D eigenvalue weighted by molar-refractivity contribution is 0.627. The van der Waals surface area contributed by atoms with Crippen LogP contribution in [0.5, 0.6) is 0 Å². The maximum atomic E-state index is 5.83. The summed E-state index contributed by atoms with van der Waals surface area (Å²) in [5.74, 6) is 0.571. The lowest BCUT2D eigenvalue weighted by Crippen LogP contribution is -2.38. The number of nitrogens with zero attached hydrogens (tertiary/aromatic N) is 1. The summed E-state index contributed by atoms with van der Waals surface area (Å²) in [4.78, 5) is 3.97. The van der Waals surface area contributed by atoms with Crippen molar-refractivity contribution in [2.45, 2.75) is 12.5 Å². The molecule has 0 radical (unpaired) electrons. The van der Waals surface area contributed by atoms with E-state index in [1.807, 2.05) is 12.1 Å². The second kappa shape index (κ2) is 4.42. The second-order valence-electron chi connectivity index (χ2n) is 3.89. The number of nitrogens with one attached hydrogen (secondary N) is 1. The van der Waals surface area contributed by atoms with Gasteiger partial charge in [-0.05, 0) is 24.1 Å². The highest BCUT2D eigenvalue weighted by Gasteiger charge is 2.09. The van der Waals surface area contributed by atoms with Gasteiger partial charge in [-0.25, -0.2) is 4.98 Å². The maximum Gasteiger partial charge on any atom is 0.123 e. The Labute approximate surface area is 89.4 Å². The molecule has 1 unspecified atom stereocenters. The van der Waals surface area contributed by atoms with Gasteiger partial charge in [-0.15, -0.1) is 0 Å². The van der Waals surface area contributed by atoms with Gasteiger partial charge in [0.05, 0.1) is 0 Å². The Bertz CT molecular complexity index is 373. The zero-order valence-electron chi connectivity index (χ0n) is 8.61. The Morgan fingerprint density at radius 3 is 3.13 bits per heavy atom. The van der Waals surface area contributed by atoms with Crippen molar-refractivity contribution in [3.8, 4) is 0 Å². The molecule has 15 heavy (non-hydrogen) atoms. The number of nitrogens with two attached hydrogens (primary N) is 2. The summed E-state index contributed by atoms with van der Waals surface area (Å²) in [6.45, 7) is 1.78. The number of hydrogen-bond donors (Lipinski definition) is 3. The molecule has 4 heteroatoms. The third-order valence-electron chi connectivity index (χ3n) is 2.46. The second-order valence-corrected chi connectivity index (χ2v) is 3.89. The van der Waals surface area contributed by atoms with Crippen LogP contribution in [0.25, 0.3) is 0 Å². The van der Waals surface area contributed by atoms with Crippen LogP contribution in [0, 0.1) is 0 Å². The Kier molecular flexibility index (Phi) is 2.99. The number of nitrogen functional groups attached to an aromatic ring is 1. The molecule has 80 valence electrons. The molecular weight excluding hydrogens is 188 g/mol. The molecule has 0 aromatic carbocycles.